The molecule has 4 aromatic heterocycles. The van der Waals surface area contributed by atoms with E-state index in [4.69, 9.17) is 0 Å². The molecule has 4 rings (SSSR count). The van der Waals surface area contributed by atoms with Gasteiger partial charge >= 0.3 is 0 Å². The highest BCUT2D eigenvalue weighted by atomic mass is 32.1. The zero-order valence-corrected chi connectivity index (χ0v) is 27.2. The van der Waals surface area contributed by atoms with Crippen molar-refractivity contribution in [1.29, 1.82) is 0 Å². The number of hydrogen-bond acceptors (Lipinski definition) is 4. The lowest BCUT2D eigenvalue weighted by atomic mass is 10.5. The molecule has 212 valence electrons. The molecular formula is C30H61N5S. The Kier molecular flexibility index (Phi) is 107. The summed E-state index contributed by atoms with van der Waals surface area (Å²) in [6, 6.07) is 11.5. The lowest BCUT2D eigenvalue weighted by Gasteiger charge is -1.79. The fraction of sp³-hybridized carbons (Fsp3) is 0.500. The minimum absolute atomic E-state index is 1.60. The third-order valence-electron chi connectivity index (χ3n) is 2.07. The number of rotatable bonds is 0. The van der Waals surface area contributed by atoms with Gasteiger partial charge in [-0.2, -0.15) is 5.10 Å². The first-order chi connectivity index (χ1) is 17.9. The molecule has 6 heteroatoms. The Balaban J connectivity index is -0.0000000539. The number of aromatic amines is 1. The zero-order valence-electron chi connectivity index (χ0n) is 26.4. The second-order valence-corrected chi connectivity index (χ2v) is 4.57. The molecule has 0 atom stereocenters. The van der Waals surface area contributed by atoms with Crippen molar-refractivity contribution < 1.29 is 0 Å². The monoisotopic (exact) mass is 523 g/mol. The minimum atomic E-state index is 1.60. The van der Waals surface area contributed by atoms with Gasteiger partial charge in [-0.1, -0.05) is 103 Å². The predicted molar refractivity (Wildman–Crippen MR) is 170 cm³/mol. The van der Waals surface area contributed by atoms with Crippen LogP contribution in [0.4, 0.5) is 0 Å². The van der Waals surface area contributed by atoms with E-state index in [1.807, 2.05) is 163 Å². The van der Waals surface area contributed by atoms with E-state index in [1.54, 1.807) is 47.8 Å². The molecule has 0 amide bonds. The number of pyridine rings is 1. The van der Waals surface area contributed by atoms with Crippen LogP contribution in [0, 0.1) is 0 Å². The van der Waals surface area contributed by atoms with Crippen LogP contribution >= 0.6 is 11.3 Å². The number of hydrogen-bond donors (Lipinski definition) is 1. The molecule has 5 nitrogen and oxygen atoms in total. The van der Waals surface area contributed by atoms with E-state index in [9.17, 15) is 0 Å². The highest BCUT2D eigenvalue weighted by Gasteiger charge is 1.68. The Labute approximate surface area is 230 Å². The molecule has 0 fully saturated rings. The molecule has 0 spiro atoms. The van der Waals surface area contributed by atoms with Gasteiger partial charge in [0.05, 0.1) is 5.51 Å². The fourth-order valence-corrected chi connectivity index (χ4v) is 1.48. The maximum Gasteiger partial charge on any atom is 0.0791 e. The molecule has 0 saturated carbocycles. The van der Waals surface area contributed by atoms with Gasteiger partial charge < -0.3 is 4.57 Å². The maximum absolute atomic E-state index is 3.78. The smallest absolute Gasteiger partial charge is 0.0791 e. The Morgan fingerprint density at radius 3 is 1.11 bits per heavy atom. The summed E-state index contributed by atoms with van der Waals surface area (Å²) < 4.78 is 2.00. The second kappa shape index (κ2) is 76.8. The largest absolute Gasteiger partial charge is 0.357 e. The van der Waals surface area contributed by atoms with E-state index < -0.39 is 0 Å². The van der Waals surface area contributed by atoms with Gasteiger partial charge in [-0.05, 0) is 30.3 Å². The average Bonchev–Trinajstić information content (AvgIpc) is 3.85. The average molecular weight is 524 g/mol. The summed E-state index contributed by atoms with van der Waals surface area (Å²) in [6.45, 7) is 28.0. The molecule has 4 heterocycles. The lowest BCUT2D eigenvalue weighted by Crippen LogP contribution is -1.75. The molecule has 0 unspecified atom stereocenters. The molecule has 0 radical (unpaired) electrons. The standard InChI is InChI=1S/C5H7N.C5H5N.C3H4N2.C3H3NS.7C2H6/c1-6-4-2-3-5-6;1-2-4-6-5-3-1;1-2-4-5-3-1;1-2-5-3-4-1;7*1-2/h2-5H,1H3;1-5H;1-3H,(H,4,5);1-3H;7*1-2H3. The van der Waals surface area contributed by atoms with Crippen LogP contribution in [0.5, 0.6) is 0 Å². The van der Waals surface area contributed by atoms with Crippen molar-refractivity contribution in [2.75, 3.05) is 0 Å². The van der Waals surface area contributed by atoms with E-state index >= 15 is 0 Å². The van der Waals surface area contributed by atoms with Gasteiger partial charge in [0.2, 0.25) is 0 Å². The Morgan fingerprint density at radius 2 is 1.00 bits per heavy atom. The second-order valence-electron chi connectivity index (χ2n) is 3.82. The number of thiazole rings is 1. The van der Waals surface area contributed by atoms with E-state index in [0.29, 0.717) is 0 Å². The predicted octanol–water partition coefficient (Wildman–Crippen LogP) is 10.8. The van der Waals surface area contributed by atoms with Crippen molar-refractivity contribution in [3.63, 3.8) is 0 Å². The number of H-pyrrole nitrogens is 1. The first-order valence-corrected chi connectivity index (χ1v) is 14.5. The van der Waals surface area contributed by atoms with E-state index in [0.717, 1.165) is 0 Å². The first-order valence-electron chi connectivity index (χ1n) is 13.6. The fourth-order valence-electron chi connectivity index (χ4n) is 1.12. The van der Waals surface area contributed by atoms with Crippen LogP contribution in [-0.4, -0.2) is 24.7 Å². The van der Waals surface area contributed by atoms with Gasteiger partial charge in [0, 0.05) is 55.8 Å². The van der Waals surface area contributed by atoms with Crippen molar-refractivity contribution in [2.24, 2.45) is 7.05 Å². The summed E-state index contributed by atoms with van der Waals surface area (Å²) in [5, 5.41) is 8.14. The van der Waals surface area contributed by atoms with Gasteiger partial charge in [0.1, 0.15) is 0 Å². The van der Waals surface area contributed by atoms with Gasteiger partial charge in [-0.3, -0.25) is 15.1 Å². The van der Waals surface area contributed by atoms with Crippen molar-refractivity contribution >= 4 is 11.3 Å². The minimum Gasteiger partial charge on any atom is -0.357 e. The number of nitrogens with zero attached hydrogens (tertiary/aromatic N) is 4. The molecule has 0 saturated heterocycles. The molecule has 4 aromatic rings. The van der Waals surface area contributed by atoms with Crippen molar-refractivity contribution in [3.8, 4) is 0 Å². The van der Waals surface area contributed by atoms with Crippen LogP contribution in [0.25, 0.3) is 0 Å². The van der Waals surface area contributed by atoms with Gasteiger partial charge in [-0.15, -0.1) is 11.3 Å². The van der Waals surface area contributed by atoms with Crippen LogP contribution in [0.15, 0.2) is 90.7 Å². The van der Waals surface area contributed by atoms with Gasteiger partial charge in [-0.25, -0.2) is 0 Å². The van der Waals surface area contributed by atoms with Crippen LogP contribution in [-0.2, 0) is 7.05 Å². The lowest BCUT2D eigenvalue weighted by molar-refractivity contribution is 0.928. The maximum atomic E-state index is 3.78. The molecule has 0 aliphatic rings. The summed E-state index contributed by atoms with van der Waals surface area (Å²) >= 11 is 1.60. The highest BCUT2D eigenvalue weighted by Crippen LogP contribution is 1.86. The summed E-state index contributed by atoms with van der Waals surface area (Å²) in [6.07, 6.45) is 12.7. The summed E-state index contributed by atoms with van der Waals surface area (Å²) in [5.41, 5.74) is 1.79. The summed E-state index contributed by atoms with van der Waals surface area (Å²) in [7, 11) is 2.00. The zero-order chi connectivity index (χ0) is 29.7. The van der Waals surface area contributed by atoms with E-state index in [2.05, 4.69) is 20.2 Å². The highest BCUT2D eigenvalue weighted by molar-refractivity contribution is 7.07. The SMILES string of the molecule is CC.CC.CC.CC.CC.CC.CC.Cn1cccc1.c1ccncc1.c1cn[nH]c1.c1cscn1. The van der Waals surface area contributed by atoms with Crippen molar-refractivity contribution in [2.45, 2.75) is 96.9 Å². The summed E-state index contributed by atoms with van der Waals surface area (Å²) in [5.74, 6) is 0. The normalized spacial score (nSPS) is 6.19. The van der Waals surface area contributed by atoms with Crippen molar-refractivity contribution in [1.82, 2.24) is 24.7 Å². The number of aromatic nitrogens is 5. The number of aryl methyl sites for hydroxylation is 1. The molecule has 36 heavy (non-hydrogen) atoms. The van der Waals surface area contributed by atoms with Crippen LogP contribution in [0.3, 0.4) is 0 Å². The van der Waals surface area contributed by atoms with Crippen molar-refractivity contribution in [3.05, 3.63) is 90.7 Å². The first kappa shape index (κ1) is 50.2. The molecule has 0 bridgehead atoms. The quantitative estimate of drug-likeness (QED) is 0.249. The van der Waals surface area contributed by atoms with Crippen LogP contribution < -0.4 is 0 Å². The third-order valence-corrected chi connectivity index (χ3v) is 2.60. The molecule has 0 aliphatic carbocycles. The topological polar surface area (TPSA) is 59.4 Å². The Hall–Kier alpha value is -2.73. The Bertz CT molecular complexity index is 521. The molecule has 0 aromatic carbocycles. The van der Waals surface area contributed by atoms with E-state index in [1.165, 1.54) is 0 Å². The molecular weight excluding hydrogens is 462 g/mol. The molecule has 1 N–H and O–H groups in total. The van der Waals surface area contributed by atoms with Crippen LogP contribution in [0.1, 0.15) is 96.9 Å². The summed E-state index contributed by atoms with van der Waals surface area (Å²) in [4.78, 5) is 7.53. The van der Waals surface area contributed by atoms with E-state index in [-0.39, 0.29) is 0 Å². The third kappa shape index (κ3) is 69.7. The van der Waals surface area contributed by atoms with Gasteiger partial charge in [0.15, 0.2) is 0 Å². The van der Waals surface area contributed by atoms with Crippen LogP contribution in [0.2, 0.25) is 0 Å². The number of nitrogens with one attached hydrogen (secondary N) is 1. The van der Waals surface area contributed by atoms with Gasteiger partial charge in [0.25, 0.3) is 0 Å². The molecule has 0 aliphatic heterocycles. The Morgan fingerprint density at radius 1 is 0.528 bits per heavy atom.